The monoisotopic (exact) mass is 497 g/mol. The number of hydrogen-bond donors (Lipinski definition) is 1. The molecule has 0 aliphatic rings. The van der Waals surface area contributed by atoms with E-state index < -0.39 is 0 Å². The summed E-state index contributed by atoms with van der Waals surface area (Å²) in [5.41, 5.74) is 0. The molecule has 0 saturated carbocycles. The highest BCUT2D eigenvalue weighted by Gasteiger charge is 2.03. The van der Waals surface area contributed by atoms with E-state index in [4.69, 9.17) is 0 Å². The van der Waals surface area contributed by atoms with Crippen molar-refractivity contribution in [2.75, 3.05) is 0 Å². The number of unbranched alkanes of at least 4 members (excludes halogenated alkanes) is 21. The molecular weight excluding hydrogens is 424 g/mol. The Kier molecular flexibility index (Phi) is 36.0. The Hall–Kier alpha value is -0.0400. The lowest BCUT2D eigenvalue weighted by atomic mass is 10.0. The quantitative estimate of drug-likeness (QED) is 0.112. The van der Waals surface area contributed by atoms with Gasteiger partial charge in [0.15, 0.2) is 0 Å². The summed E-state index contributed by atoms with van der Waals surface area (Å²) >= 11 is 0. The second kappa shape index (κ2) is 34.0. The molecule has 214 valence electrons. The van der Waals surface area contributed by atoms with Gasteiger partial charge in [-0.05, 0) is 18.8 Å². The SMILES string of the molecule is CCCCCCCCCC(O)CCCCCCCC.CCCCCCCCCCCCCC(C)C. The van der Waals surface area contributed by atoms with E-state index in [-0.39, 0.29) is 6.10 Å². The summed E-state index contributed by atoms with van der Waals surface area (Å²) in [6, 6.07) is 0. The van der Waals surface area contributed by atoms with Crippen LogP contribution in [0.3, 0.4) is 0 Å². The van der Waals surface area contributed by atoms with Crippen LogP contribution in [-0.4, -0.2) is 11.2 Å². The fourth-order valence-electron chi connectivity index (χ4n) is 4.86. The minimum atomic E-state index is -0.0261. The maximum atomic E-state index is 9.89. The van der Waals surface area contributed by atoms with E-state index in [9.17, 15) is 5.11 Å². The fourth-order valence-corrected chi connectivity index (χ4v) is 4.86. The minimum absolute atomic E-state index is 0.0261. The second-order valence-electron chi connectivity index (χ2n) is 11.8. The van der Waals surface area contributed by atoms with Crippen molar-refractivity contribution < 1.29 is 5.11 Å². The van der Waals surface area contributed by atoms with Crippen molar-refractivity contribution in [2.24, 2.45) is 5.92 Å². The van der Waals surface area contributed by atoms with Crippen LogP contribution in [0.4, 0.5) is 0 Å². The zero-order chi connectivity index (χ0) is 26.2. The summed E-state index contributed by atoms with van der Waals surface area (Å²) in [6.07, 6.45) is 36.9. The summed E-state index contributed by atoms with van der Waals surface area (Å²) in [5, 5.41) is 9.89. The van der Waals surface area contributed by atoms with Crippen LogP contribution in [0.5, 0.6) is 0 Å². The molecule has 0 aromatic heterocycles. The van der Waals surface area contributed by atoms with Crippen LogP contribution in [0.15, 0.2) is 0 Å². The Balaban J connectivity index is 0. The van der Waals surface area contributed by atoms with Crippen LogP contribution in [0.1, 0.15) is 208 Å². The van der Waals surface area contributed by atoms with Crippen molar-refractivity contribution >= 4 is 0 Å². The van der Waals surface area contributed by atoms with Crippen molar-refractivity contribution in [3.8, 4) is 0 Å². The van der Waals surface area contributed by atoms with E-state index in [0.717, 1.165) is 18.8 Å². The van der Waals surface area contributed by atoms with Crippen LogP contribution in [0.25, 0.3) is 0 Å². The Morgan fingerprint density at radius 2 is 0.571 bits per heavy atom. The van der Waals surface area contributed by atoms with Gasteiger partial charge in [0.2, 0.25) is 0 Å². The van der Waals surface area contributed by atoms with Gasteiger partial charge in [-0.2, -0.15) is 0 Å². The lowest BCUT2D eigenvalue weighted by Gasteiger charge is -2.10. The van der Waals surface area contributed by atoms with Crippen LogP contribution in [-0.2, 0) is 0 Å². The average Bonchev–Trinajstić information content (AvgIpc) is 2.84. The molecule has 0 radical (unpaired) electrons. The van der Waals surface area contributed by atoms with Gasteiger partial charge in [-0.3, -0.25) is 0 Å². The van der Waals surface area contributed by atoms with E-state index in [2.05, 4.69) is 34.6 Å². The van der Waals surface area contributed by atoms with Crippen molar-refractivity contribution in [3.05, 3.63) is 0 Å². The zero-order valence-electron chi connectivity index (χ0n) is 25.7. The number of aliphatic hydroxyl groups excluding tert-OH is 1. The molecule has 35 heavy (non-hydrogen) atoms. The molecular formula is C34H72O. The smallest absolute Gasteiger partial charge is 0.0540 e. The third-order valence-corrected chi connectivity index (χ3v) is 7.42. The lowest BCUT2D eigenvalue weighted by Crippen LogP contribution is -2.05. The van der Waals surface area contributed by atoms with Crippen molar-refractivity contribution in [1.29, 1.82) is 0 Å². The maximum Gasteiger partial charge on any atom is 0.0540 e. The number of hydrogen-bond acceptors (Lipinski definition) is 1. The van der Waals surface area contributed by atoms with Gasteiger partial charge in [-0.25, -0.2) is 0 Å². The van der Waals surface area contributed by atoms with Crippen molar-refractivity contribution in [3.63, 3.8) is 0 Å². The molecule has 0 bridgehead atoms. The normalized spacial score (nSPS) is 12.1. The molecule has 0 spiro atoms. The molecule has 0 aliphatic carbocycles. The maximum absolute atomic E-state index is 9.89. The van der Waals surface area contributed by atoms with Gasteiger partial charge in [-0.15, -0.1) is 0 Å². The van der Waals surface area contributed by atoms with Gasteiger partial charge < -0.3 is 5.11 Å². The van der Waals surface area contributed by atoms with Gasteiger partial charge >= 0.3 is 0 Å². The Bertz CT molecular complexity index is 337. The Labute approximate surface area is 225 Å². The third-order valence-electron chi connectivity index (χ3n) is 7.42. The zero-order valence-corrected chi connectivity index (χ0v) is 25.7. The molecule has 1 heteroatoms. The fraction of sp³-hybridized carbons (Fsp3) is 1.00. The highest BCUT2D eigenvalue weighted by molar-refractivity contribution is 4.57. The Morgan fingerprint density at radius 1 is 0.343 bits per heavy atom. The van der Waals surface area contributed by atoms with E-state index >= 15 is 0 Å². The summed E-state index contributed by atoms with van der Waals surface area (Å²) in [6.45, 7) is 11.5. The molecule has 0 heterocycles. The molecule has 0 aromatic carbocycles. The summed E-state index contributed by atoms with van der Waals surface area (Å²) in [7, 11) is 0. The third kappa shape index (κ3) is 38.6. The first-order chi connectivity index (χ1) is 17.1. The largest absolute Gasteiger partial charge is 0.393 e. The van der Waals surface area contributed by atoms with Crippen LogP contribution >= 0.6 is 0 Å². The highest BCUT2D eigenvalue weighted by Crippen LogP contribution is 2.15. The van der Waals surface area contributed by atoms with Crippen LogP contribution in [0.2, 0.25) is 0 Å². The standard InChI is InChI=1S/C18H38O.C16H34/c1-3-5-7-9-11-13-15-17-18(19)16-14-12-10-8-6-4-2;1-4-5-6-7-8-9-10-11-12-13-14-15-16(2)3/h18-19H,3-17H2,1-2H3;16H,4-15H2,1-3H3. The first-order valence-electron chi connectivity index (χ1n) is 16.8. The predicted octanol–water partition coefficient (Wildman–Crippen LogP) is 12.6. The van der Waals surface area contributed by atoms with E-state index in [0.29, 0.717) is 0 Å². The van der Waals surface area contributed by atoms with E-state index in [1.54, 1.807) is 0 Å². The molecule has 0 fully saturated rings. The molecule has 1 nitrogen and oxygen atoms in total. The lowest BCUT2D eigenvalue weighted by molar-refractivity contribution is 0.147. The van der Waals surface area contributed by atoms with Crippen molar-refractivity contribution in [2.45, 2.75) is 214 Å². The first-order valence-corrected chi connectivity index (χ1v) is 16.8. The van der Waals surface area contributed by atoms with E-state index in [1.165, 1.54) is 161 Å². The van der Waals surface area contributed by atoms with Gasteiger partial charge in [0, 0.05) is 0 Å². The average molecular weight is 497 g/mol. The molecule has 0 amide bonds. The molecule has 1 atom stereocenters. The number of aliphatic hydroxyl groups is 1. The predicted molar refractivity (Wildman–Crippen MR) is 163 cm³/mol. The van der Waals surface area contributed by atoms with Crippen LogP contribution in [0, 0.1) is 5.92 Å². The van der Waals surface area contributed by atoms with Gasteiger partial charge in [0.1, 0.15) is 0 Å². The van der Waals surface area contributed by atoms with Crippen LogP contribution < -0.4 is 0 Å². The molecule has 0 saturated heterocycles. The summed E-state index contributed by atoms with van der Waals surface area (Å²) < 4.78 is 0. The number of rotatable bonds is 27. The minimum Gasteiger partial charge on any atom is -0.393 e. The molecule has 0 aliphatic heterocycles. The van der Waals surface area contributed by atoms with Gasteiger partial charge in [-0.1, -0.05) is 195 Å². The van der Waals surface area contributed by atoms with E-state index in [1.807, 2.05) is 0 Å². The molecule has 0 rings (SSSR count). The van der Waals surface area contributed by atoms with Gasteiger partial charge in [0.25, 0.3) is 0 Å². The summed E-state index contributed by atoms with van der Waals surface area (Å²) in [4.78, 5) is 0. The molecule has 0 aromatic rings. The molecule has 1 unspecified atom stereocenters. The topological polar surface area (TPSA) is 20.2 Å². The Morgan fingerprint density at radius 3 is 0.829 bits per heavy atom. The summed E-state index contributed by atoms with van der Waals surface area (Å²) in [5.74, 6) is 0.901. The first kappa shape index (κ1) is 37.1. The second-order valence-corrected chi connectivity index (χ2v) is 11.8. The highest BCUT2D eigenvalue weighted by atomic mass is 16.3. The van der Waals surface area contributed by atoms with Crippen molar-refractivity contribution in [1.82, 2.24) is 0 Å². The van der Waals surface area contributed by atoms with Gasteiger partial charge in [0.05, 0.1) is 6.10 Å². The molecule has 1 N–H and O–H groups in total.